The van der Waals surface area contributed by atoms with Crippen LogP contribution in [0.4, 0.5) is 5.69 Å². The predicted octanol–water partition coefficient (Wildman–Crippen LogP) is 0.781. The molecule has 0 aliphatic heterocycles. The second-order valence-corrected chi connectivity index (χ2v) is 4.17. The van der Waals surface area contributed by atoms with E-state index in [-0.39, 0.29) is 24.0 Å². The minimum absolute atomic E-state index is 0.105. The van der Waals surface area contributed by atoms with Crippen LogP contribution < -0.4 is 10.1 Å². The summed E-state index contributed by atoms with van der Waals surface area (Å²) in [4.78, 5) is 23.1. The van der Waals surface area contributed by atoms with E-state index in [1.165, 1.54) is 11.0 Å². The highest BCUT2D eigenvalue weighted by atomic mass is 16.6. The molecule has 0 aliphatic carbocycles. The third-order valence-electron chi connectivity index (χ3n) is 2.45. The van der Waals surface area contributed by atoms with Crippen molar-refractivity contribution in [2.24, 2.45) is 0 Å². The molecule has 0 fully saturated rings. The molecule has 104 valence electrons. The summed E-state index contributed by atoms with van der Waals surface area (Å²) in [5.74, 6) is -0.152. The maximum absolute atomic E-state index is 11.4. The molecule has 0 bridgehead atoms. The van der Waals surface area contributed by atoms with Crippen molar-refractivity contribution in [1.29, 1.82) is 0 Å². The minimum atomic E-state index is -0.529. The summed E-state index contributed by atoms with van der Waals surface area (Å²) < 4.78 is 5.25. The number of carbonyl (C=O) groups excluding carboxylic acids is 1. The second kappa shape index (κ2) is 6.69. The maximum atomic E-state index is 11.4. The van der Waals surface area contributed by atoms with Gasteiger partial charge in [0.15, 0.2) is 12.4 Å². The lowest BCUT2D eigenvalue weighted by atomic mass is 10.2. The molecule has 1 N–H and O–H groups in total. The fourth-order valence-electron chi connectivity index (χ4n) is 1.41. The van der Waals surface area contributed by atoms with Crippen LogP contribution in [0, 0.1) is 10.1 Å². The first-order valence-electron chi connectivity index (χ1n) is 5.70. The Bertz CT molecular complexity index is 474. The average Bonchev–Trinajstić information content (AvgIpc) is 2.36. The number of nitrogens with zero attached hydrogens (tertiary/aromatic N) is 2. The van der Waals surface area contributed by atoms with Crippen LogP contribution in [0.2, 0.25) is 0 Å². The second-order valence-electron chi connectivity index (χ2n) is 4.17. The summed E-state index contributed by atoms with van der Waals surface area (Å²) in [6, 6.07) is 4.59. The first-order chi connectivity index (χ1) is 8.95. The molecule has 0 heterocycles. The molecule has 0 radical (unpaired) electrons. The molecular formula is C12H17N3O4. The average molecular weight is 267 g/mol. The third-order valence-corrected chi connectivity index (χ3v) is 2.45. The third kappa shape index (κ3) is 4.22. The number of likely N-dealkylation sites (N-methyl/N-ethyl adjacent to an activating group) is 1. The molecule has 1 rings (SSSR count). The van der Waals surface area contributed by atoms with E-state index in [9.17, 15) is 14.9 Å². The van der Waals surface area contributed by atoms with Crippen LogP contribution in [0.1, 0.15) is 5.56 Å². The van der Waals surface area contributed by atoms with Crippen molar-refractivity contribution in [3.63, 3.8) is 0 Å². The van der Waals surface area contributed by atoms with Gasteiger partial charge in [-0.1, -0.05) is 6.07 Å². The van der Waals surface area contributed by atoms with Crippen molar-refractivity contribution in [3.8, 4) is 5.75 Å². The van der Waals surface area contributed by atoms with Crippen molar-refractivity contribution in [3.05, 3.63) is 33.9 Å². The number of nitro groups is 1. The first-order valence-corrected chi connectivity index (χ1v) is 5.70. The molecule has 0 saturated heterocycles. The Labute approximate surface area is 111 Å². The fourth-order valence-corrected chi connectivity index (χ4v) is 1.41. The van der Waals surface area contributed by atoms with Gasteiger partial charge in [0.25, 0.3) is 5.91 Å². The Balaban J connectivity index is 2.91. The normalized spacial score (nSPS) is 10.1. The summed E-state index contributed by atoms with van der Waals surface area (Å²) in [6.45, 7) is 0.340. The maximum Gasteiger partial charge on any atom is 0.310 e. The smallest absolute Gasteiger partial charge is 0.310 e. The van der Waals surface area contributed by atoms with Gasteiger partial charge in [-0.25, -0.2) is 0 Å². The molecule has 7 nitrogen and oxygen atoms in total. The highest BCUT2D eigenvalue weighted by molar-refractivity contribution is 5.77. The molecule has 1 aromatic rings. The number of benzene rings is 1. The standard InChI is InChI=1S/C12H17N3O4/c1-13-7-9-4-5-10(15(17)18)11(6-9)19-8-12(16)14(2)3/h4-6,13H,7-8H2,1-3H3. The largest absolute Gasteiger partial charge is 0.477 e. The molecule has 1 amide bonds. The van der Waals surface area contributed by atoms with E-state index in [0.29, 0.717) is 6.54 Å². The van der Waals surface area contributed by atoms with E-state index >= 15 is 0 Å². The topological polar surface area (TPSA) is 84.7 Å². The predicted molar refractivity (Wildman–Crippen MR) is 70.0 cm³/mol. The van der Waals surface area contributed by atoms with Gasteiger partial charge in [0, 0.05) is 26.7 Å². The van der Waals surface area contributed by atoms with E-state index in [2.05, 4.69) is 5.32 Å². The zero-order valence-corrected chi connectivity index (χ0v) is 11.2. The summed E-state index contributed by atoms with van der Waals surface area (Å²) in [6.07, 6.45) is 0. The molecule has 7 heteroatoms. The van der Waals surface area contributed by atoms with Gasteiger partial charge >= 0.3 is 5.69 Å². The Kier molecular flexibility index (Phi) is 5.25. The van der Waals surface area contributed by atoms with Gasteiger partial charge in [-0.15, -0.1) is 0 Å². The summed E-state index contributed by atoms with van der Waals surface area (Å²) >= 11 is 0. The molecule has 19 heavy (non-hydrogen) atoms. The van der Waals surface area contributed by atoms with Gasteiger partial charge in [0.05, 0.1) is 4.92 Å². The lowest BCUT2D eigenvalue weighted by Gasteiger charge is -2.12. The molecule has 0 spiro atoms. The van der Waals surface area contributed by atoms with E-state index in [4.69, 9.17) is 4.74 Å². The van der Waals surface area contributed by atoms with Crippen molar-refractivity contribution >= 4 is 11.6 Å². The molecule has 0 atom stereocenters. The van der Waals surface area contributed by atoms with E-state index in [1.54, 1.807) is 33.3 Å². The van der Waals surface area contributed by atoms with Crippen molar-refractivity contribution in [1.82, 2.24) is 10.2 Å². The van der Waals surface area contributed by atoms with Crippen molar-refractivity contribution in [2.45, 2.75) is 6.54 Å². The van der Waals surface area contributed by atoms with Crippen LogP contribution in [0.15, 0.2) is 18.2 Å². The van der Waals surface area contributed by atoms with Crippen molar-refractivity contribution < 1.29 is 14.5 Å². The molecule has 0 unspecified atom stereocenters. The zero-order chi connectivity index (χ0) is 14.4. The van der Waals surface area contributed by atoms with Crippen LogP contribution in [0.3, 0.4) is 0 Å². The van der Waals surface area contributed by atoms with Crippen LogP contribution in [0.5, 0.6) is 5.75 Å². The van der Waals surface area contributed by atoms with Gasteiger partial charge in [-0.2, -0.15) is 0 Å². The van der Waals surface area contributed by atoms with Gasteiger partial charge in [-0.05, 0) is 18.7 Å². The number of rotatable bonds is 6. The molecule has 0 aliphatic rings. The molecule has 0 saturated carbocycles. The van der Waals surface area contributed by atoms with Crippen LogP contribution in [-0.4, -0.2) is 43.5 Å². The van der Waals surface area contributed by atoms with Crippen LogP contribution in [0.25, 0.3) is 0 Å². The van der Waals surface area contributed by atoms with E-state index < -0.39 is 4.92 Å². The monoisotopic (exact) mass is 267 g/mol. The number of amides is 1. The fraction of sp³-hybridized carbons (Fsp3) is 0.417. The number of hydrogen-bond donors (Lipinski definition) is 1. The number of hydrogen-bond acceptors (Lipinski definition) is 5. The lowest BCUT2D eigenvalue weighted by Crippen LogP contribution is -2.27. The Morgan fingerprint density at radius 3 is 2.68 bits per heavy atom. The number of nitrogens with one attached hydrogen (secondary N) is 1. The Morgan fingerprint density at radius 2 is 2.16 bits per heavy atom. The Morgan fingerprint density at radius 1 is 1.47 bits per heavy atom. The summed E-state index contributed by atoms with van der Waals surface area (Å²) in [5.41, 5.74) is 0.701. The van der Waals surface area contributed by atoms with Crippen molar-refractivity contribution in [2.75, 3.05) is 27.7 Å². The highest BCUT2D eigenvalue weighted by Crippen LogP contribution is 2.27. The van der Waals surface area contributed by atoms with E-state index in [1.807, 2.05) is 0 Å². The SMILES string of the molecule is CNCc1ccc([N+](=O)[O-])c(OCC(=O)N(C)C)c1. The quantitative estimate of drug-likeness (QED) is 0.608. The van der Waals surface area contributed by atoms with Gasteiger partial charge in [-0.3, -0.25) is 14.9 Å². The number of ether oxygens (including phenoxy) is 1. The van der Waals surface area contributed by atoms with E-state index in [0.717, 1.165) is 5.56 Å². The van der Waals surface area contributed by atoms with Gasteiger partial charge in [0.1, 0.15) is 0 Å². The first kappa shape index (κ1) is 14.9. The van der Waals surface area contributed by atoms with Crippen LogP contribution >= 0.6 is 0 Å². The molecule has 0 aromatic heterocycles. The minimum Gasteiger partial charge on any atom is -0.477 e. The van der Waals surface area contributed by atoms with Gasteiger partial charge in [0.2, 0.25) is 0 Å². The summed E-state index contributed by atoms with van der Waals surface area (Å²) in [5, 5.41) is 13.8. The highest BCUT2D eigenvalue weighted by Gasteiger charge is 2.17. The molecular weight excluding hydrogens is 250 g/mol. The lowest BCUT2D eigenvalue weighted by molar-refractivity contribution is -0.385. The number of nitro benzene ring substituents is 1. The zero-order valence-electron chi connectivity index (χ0n) is 11.2. The van der Waals surface area contributed by atoms with Crippen LogP contribution in [-0.2, 0) is 11.3 Å². The molecule has 1 aromatic carbocycles. The summed E-state index contributed by atoms with van der Waals surface area (Å²) in [7, 11) is 4.96. The Hall–Kier alpha value is -2.15. The van der Waals surface area contributed by atoms with Gasteiger partial charge < -0.3 is 15.0 Å². The number of carbonyl (C=O) groups is 1.